The standard InChI is InChI=1S/C45H44ClN7O6S/c46-32-6-4-28(5-7-32)38-25-45(12-1-13-45)14-10-31(38)27-51-16-18-52(19-17-51)33-8-9-36(42(21-33)59-34-20-30-11-15-47-43(30)48-26-34)44(54)50-60(57,58)35-22-40-37(41(23-35)53(55)56)24-39(49-40)29-2-3-29/h4-9,11,15,20-23,26,29H,1-3,10,12-14,16-19,24-25,27H2,(H,47,48)(H,50,54). The van der Waals surface area contributed by atoms with Crippen molar-refractivity contribution in [3.63, 3.8) is 0 Å². The molecule has 13 nitrogen and oxygen atoms in total. The summed E-state index contributed by atoms with van der Waals surface area (Å²) in [6.07, 6.45) is 13.0. The minimum Gasteiger partial charge on any atom is -0.455 e. The third kappa shape index (κ3) is 7.56. The number of anilines is 1. The Hall–Kier alpha value is -5.57. The number of nitro benzene ring substituents is 1. The van der Waals surface area contributed by atoms with E-state index in [2.05, 4.69) is 41.6 Å². The molecule has 5 aliphatic rings. The molecule has 3 fully saturated rings. The fraction of sp³-hybridized carbons (Fsp3) is 0.356. The number of aromatic amines is 1. The van der Waals surface area contributed by atoms with E-state index in [1.165, 1.54) is 54.7 Å². The summed E-state index contributed by atoms with van der Waals surface area (Å²) in [5, 5.41) is 13.6. The second-order valence-corrected chi connectivity index (χ2v) is 19.1. The predicted octanol–water partition coefficient (Wildman–Crippen LogP) is 9.00. The van der Waals surface area contributed by atoms with Crippen molar-refractivity contribution in [2.45, 2.75) is 62.7 Å². The average Bonchev–Trinajstić information content (AvgIpc) is 3.81. The molecule has 3 aromatic carbocycles. The molecule has 308 valence electrons. The van der Waals surface area contributed by atoms with Gasteiger partial charge >= 0.3 is 0 Å². The Morgan fingerprint density at radius 3 is 2.55 bits per heavy atom. The number of aliphatic imine (C=N–C) groups is 1. The molecular weight excluding hydrogens is 802 g/mol. The van der Waals surface area contributed by atoms with Gasteiger partial charge in [-0.1, -0.05) is 35.7 Å². The number of carbonyl (C=O) groups excluding carboxylic acids is 1. The first-order valence-corrected chi connectivity index (χ1v) is 22.5. The molecule has 1 amide bonds. The summed E-state index contributed by atoms with van der Waals surface area (Å²) in [7, 11) is -4.57. The summed E-state index contributed by atoms with van der Waals surface area (Å²) in [5.41, 5.74) is 7.33. The molecule has 0 unspecified atom stereocenters. The smallest absolute Gasteiger partial charge is 0.276 e. The third-order valence-electron chi connectivity index (χ3n) is 13.1. The highest BCUT2D eigenvalue weighted by Gasteiger charge is 2.41. The molecule has 0 radical (unpaired) electrons. The highest BCUT2D eigenvalue weighted by molar-refractivity contribution is 7.90. The van der Waals surface area contributed by atoms with Gasteiger partial charge in [-0.15, -0.1) is 0 Å². The minimum atomic E-state index is -4.57. The highest BCUT2D eigenvalue weighted by atomic mass is 35.5. The SMILES string of the molecule is O=C(NS(=O)(=O)c1cc2c(c([N+](=O)[O-])c1)CC(C1CC1)=N2)c1ccc(N2CCN(CC3=C(c4ccc(Cl)cc4)CC4(CCC4)CC3)CC2)cc1Oc1cnc2[nH]ccc2c1. The van der Waals surface area contributed by atoms with Crippen LogP contribution in [0.25, 0.3) is 16.6 Å². The van der Waals surface area contributed by atoms with Crippen LogP contribution in [0.5, 0.6) is 11.5 Å². The summed E-state index contributed by atoms with van der Waals surface area (Å²) < 4.78 is 36.0. The number of fused-ring (bicyclic) bond motifs is 2. The topological polar surface area (TPSA) is 163 Å². The van der Waals surface area contributed by atoms with Crippen LogP contribution in [0.2, 0.25) is 5.02 Å². The number of nitrogens with one attached hydrogen (secondary N) is 2. The van der Waals surface area contributed by atoms with Crippen molar-refractivity contribution < 1.29 is 22.9 Å². The normalized spacial score (nSPS) is 18.9. The number of pyridine rings is 1. The van der Waals surface area contributed by atoms with Crippen LogP contribution in [-0.4, -0.2) is 72.6 Å². The van der Waals surface area contributed by atoms with Crippen molar-refractivity contribution in [2.75, 3.05) is 37.6 Å². The van der Waals surface area contributed by atoms with Crippen molar-refractivity contribution in [1.29, 1.82) is 0 Å². The number of sulfonamides is 1. The lowest BCUT2D eigenvalue weighted by molar-refractivity contribution is -0.385. The van der Waals surface area contributed by atoms with E-state index < -0.39 is 25.7 Å². The number of piperazine rings is 1. The molecule has 1 saturated heterocycles. The molecule has 2 aliphatic heterocycles. The maximum absolute atomic E-state index is 14.0. The summed E-state index contributed by atoms with van der Waals surface area (Å²) in [5.74, 6) is -0.172. The number of aromatic nitrogens is 2. The Balaban J connectivity index is 0.895. The molecule has 0 bridgehead atoms. The second kappa shape index (κ2) is 15.2. The molecule has 60 heavy (non-hydrogen) atoms. The number of H-pyrrole nitrogens is 1. The molecule has 4 heterocycles. The predicted molar refractivity (Wildman–Crippen MR) is 231 cm³/mol. The summed E-state index contributed by atoms with van der Waals surface area (Å²) in [4.78, 5) is 41.8. The first-order valence-electron chi connectivity index (χ1n) is 20.6. The first-order chi connectivity index (χ1) is 29.0. The Bertz CT molecular complexity index is 2730. The number of allylic oxidation sites excluding steroid dienone is 1. The lowest BCUT2D eigenvalue weighted by Gasteiger charge is -2.47. The molecule has 1 spiro atoms. The van der Waals surface area contributed by atoms with Gasteiger partial charge in [0.1, 0.15) is 17.1 Å². The molecule has 2 saturated carbocycles. The van der Waals surface area contributed by atoms with E-state index in [9.17, 15) is 23.3 Å². The molecule has 15 heteroatoms. The number of ether oxygens (including phenoxy) is 1. The number of nitrogens with zero attached hydrogens (tertiary/aromatic N) is 5. The van der Waals surface area contributed by atoms with Crippen LogP contribution in [0.4, 0.5) is 17.1 Å². The van der Waals surface area contributed by atoms with Gasteiger partial charge in [0.2, 0.25) is 0 Å². The number of amides is 1. The van der Waals surface area contributed by atoms with Gasteiger partial charge in [0.15, 0.2) is 0 Å². The Kier molecular flexibility index (Phi) is 9.76. The van der Waals surface area contributed by atoms with Gasteiger partial charge in [-0.2, -0.15) is 0 Å². The summed E-state index contributed by atoms with van der Waals surface area (Å²) in [6.45, 7) is 4.08. The molecule has 10 rings (SSSR count). The summed E-state index contributed by atoms with van der Waals surface area (Å²) >= 11 is 6.28. The zero-order valence-corrected chi connectivity index (χ0v) is 34.5. The zero-order valence-electron chi connectivity index (χ0n) is 33.0. The second-order valence-electron chi connectivity index (χ2n) is 16.9. The maximum Gasteiger partial charge on any atom is 0.276 e. The molecular formula is C45H44ClN7O6S. The molecule has 2 N–H and O–H groups in total. The largest absolute Gasteiger partial charge is 0.455 e. The average molecular weight is 846 g/mol. The maximum atomic E-state index is 14.0. The number of hydrogen-bond acceptors (Lipinski definition) is 10. The molecule has 2 aromatic heterocycles. The number of hydrogen-bond donors (Lipinski definition) is 2. The van der Waals surface area contributed by atoms with Crippen LogP contribution >= 0.6 is 11.6 Å². The molecule has 5 aromatic rings. The van der Waals surface area contributed by atoms with Crippen LogP contribution in [0, 0.1) is 21.4 Å². The lowest BCUT2D eigenvalue weighted by atomic mass is 9.59. The highest BCUT2D eigenvalue weighted by Crippen LogP contribution is 2.55. The van der Waals surface area contributed by atoms with Gasteiger partial charge in [0, 0.05) is 79.3 Å². The molecule has 0 atom stereocenters. The van der Waals surface area contributed by atoms with E-state index in [1.54, 1.807) is 30.5 Å². The minimum absolute atomic E-state index is 0.0250. The lowest BCUT2D eigenvalue weighted by Crippen LogP contribution is -2.47. The monoisotopic (exact) mass is 845 g/mol. The Labute approximate surface area is 352 Å². The Morgan fingerprint density at radius 2 is 1.82 bits per heavy atom. The van der Waals surface area contributed by atoms with Gasteiger partial charge in [-0.3, -0.25) is 24.8 Å². The van der Waals surface area contributed by atoms with Gasteiger partial charge in [-0.25, -0.2) is 18.1 Å². The van der Waals surface area contributed by atoms with Crippen LogP contribution in [-0.2, 0) is 16.4 Å². The Morgan fingerprint density at radius 1 is 1.02 bits per heavy atom. The van der Waals surface area contributed by atoms with Crippen LogP contribution in [0.3, 0.4) is 0 Å². The summed E-state index contributed by atoms with van der Waals surface area (Å²) in [6, 6.07) is 19.4. The van der Waals surface area contributed by atoms with E-state index in [0.717, 1.165) is 86.3 Å². The number of halogens is 1. The zero-order chi connectivity index (χ0) is 41.2. The van der Waals surface area contributed by atoms with Gasteiger partial charge < -0.3 is 14.6 Å². The number of rotatable bonds is 11. The van der Waals surface area contributed by atoms with E-state index in [-0.39, 0.29) is 28.6 Å². The first kappa shape index (κ1) is 38.6. The van der Waals surface area contributed by atoms with Crippen molar-refractivity contribution in [2.24, 2.45) is 16.3 Å². The van der Waals surface area contributed by atoms with Crippen molar-refractivity contribution in [3.8, 4) is 11.5 Å². The van der Waals surface area contributed by atoms with Crippen molar-refractivity contribution in [3.05, 3.63) is 117 Å². The van der Waals surface area contributed by atoms with Crippen LogP contribution < -0.4 is 14.4 Å². The fourth-order valence-electron chi connectivity index (χ4n) is 9.39. The van der Waals surface area contributed by atoms with Gasteiger partial charge in [-0.05, 0) is 110 Å². The fourth-order valence-corrected chi connectivity index (χ4v) is 10.5. The number of carbonyl (C=O) groups is 1. The number of nitro groups is 1. The van der Waals surface area contributed by atoms with E-state index in [0.29, 0.717) is 28.8 Å². The van der Waals surface area contributed by atoms with E-state index in [4.69, 9.17) is 16.3 Å². The van der Waals surface area contributed by atoms with E-state index >= 15 is 0 Å². The van der Waals surface area contributed by atoms with Crippen LogP contribution in [0.1, 0.15) is 72.9 Å². The number of benzene rings is 3. The van der Waals surface area contributed by atoms with Crippen LogP contribution in [0.15, 0.2) is 94.6 Å². The van der Waals surface area contributed by atoms with E-state index in [1.807, 2.05) is 18.2 Å². The quantitative estimate of drug-likeness (QED) is 0.0976. The third-order valence-corrected chi connectivity index (χ3v) is 14.7. The van der Waals surface area contributed by atoms with Gasteiger partial charge in [0.05, 0.1) is 32.8 Å². The van der Waals surface area contributed by atoms with Crippen molar-refractivity contribution >= 4 is 66.9 Å². The van der Waals surface area contributed by atoms with Gasteiger partial charge in [0.25, 0.3) is 21.6 Å². The molecule has 3 aliphatic carbocycles. The van der Waals surface area contributed by atoms with Crippen molar-refractivity contribution in [1.82, 2.24) is 19.6 Å².